The van der Waals surface area contributed by atoms with Crippen molar-refractivity contribution in [3.05, 3.63) is 113 Å². The van der Waals surface area contributed by atoms with Crippen molar-refractivity contribution >= 4 is 11.9 Å². The second kappa shape index (κ2) is 10.5. The summed E-state index contributed by atoms with van der Waals surface area (Å²) in [5.41, 5.74) is 2.34. The van der Waals surface area contributed by atoms with Crippen molar-refractivity contribution < 1.29 is 15.0 Å². The second-order valence-corrected chi connectivity index (χ2v) is 7.41. The molecule has 0 aliphatic heterocycles. The van der Waals surface area contributed by atoms with Crippen molar-refractivity contribution in [2.24, 2.45) is 0 Å². The number of nitrogens with zero attached hydrogens (tertiary/aromatic N) is 2. The van der Waals surface area contributed by atoms with Gasteiger partial charge in [-0.2, -0.15) is 0 Å². The van der Waals surface area contributed by atoms with Crippen molar-refractivity contribution in [1.82, 2.24) is 15.3 Å². The van der Waals surface area contributed by atoms with Gasteiger partial charge in [0.05, 0.1) is 11.3 Å². The Bertz CT molecular complexity index is 1250. The van der Waals surface area contributed by atoms with Crippen LogP contribution in [0.2, 0.25) is 0 Å². The molecule has 0 atom stereocenters. The molecule has 0 unspecified atom stereocenters. The lowest BCUT2D eigenvalue weighted by atomic mass is 10.1. The van der Waals surface area contributed by atoms with Crippen LogP contribution in [0.25, 0.3) is 11.3 Å². The minimum absolute atomic E-state index is 0. The Morgan fingerprint density at radius 2 is 1.67 bits per heavy atom. The minimum Gasteiger partial charge on any atom is -0.354 e. The van der Waals surface area contributed by atoms with E-state index in [9.17, 15) is 13.6 Å². The molecule has 0 aliphatic rings. The molecule has 2 N–H and O–H groups in total. The highest BCUT2D eigenvalue weighted by atomic mass is 19.1. The zero-order valence-corrected chi connectivity index (χ0v) is 17.8. The average molecular weight is 447 g/mol. The fourth-order valence-electron chi connectivity index (χ4n) is 3.38. The van der Waals surface area contributed by atoms with Crippen LogP contribution in [0.1, 0.15) is 22.9 Å². The van der Waals surface area contributed by atoms with Gasteiger partial charge in [-0.1, -0.05) is 54.6 Å². The number of hydrogen-bond donors (Lipinski definition) is 2. The van der Waals surface area contributed by atoms with Crippen LogP contribution in [-0.2, 0) is 13.0 Å². The van der Waals surface area contributed by atoms with Crippen LogP contribution in [0, 0.1) is 11.6 Å². The smallest absolute Gasteiger partial charge is 0.255 e. The van der Waals surface area contributed by atoms with Crippen molar-refractivity contribution in [3.8, 4) is 11.3 Å². The average Bonchev–Trinajstić information content (AvgIpc) is 2.83. The molecule has 1 heterocycles. The molecular formula is C26H24F2N4O. The summed E-state index contributed by atoms with van der Waals surface area (Å²) in [5, 5.41) is 5.90. The summed E-state index contributed by atoms with van der Waals surface area (Å²) in [5.74, 6) is -0.928. The Morgan fingerprint density at radius 1 is 0.909 bits per heavy atom. The molecule has 3 aromatic carbocycles. The highest BCUT2D eigenvalue weighted by Crippen LogP contribution is 2.25. The van der Waals surface area contributed by atoms with Gasteiger partial charge >= 0.3 is 0 Å². The van der Waals surface area contributed by atoms with Gasteiger partial charge in [0.2, 0.25) is 5.95 Å². The second-order valence-electron chi connectivity index (χ2n) is 7.41. The molecule has 4 aromatic rings. The quantitative estimate of drug-likeness (QED) is 0.388. The van der Waals surface area contributed by atoms with Crippen LogP contribution in [0.5, 0.6) is 0 Å². The fourth-order valence-corrected chi connectivity index (χ4v) is 3.38. The Hall–Kier alpha value is -4.13. The molecule has 1 aromatic heterocycles. The molecule has 7 heteroatoms. The van der Waals surface area contributed by atoms with Crippen molar-refractivity contribution in [1.29, 1.82) is 0 Å². The number of anilines is 1. The number of halogens is 2. The molecule has 33 heavy (non-hydrogen) atoms. The van der Waals surface area contributed by atoms with Gasteiger partial charge in [-0.3, -0.25) is 4.79 Å². The molecule has 0 aliphatic carbocycles. The summed E-state index contributed by atoms with van der Waals surface area (Å²) in [6, 6.07) is 22.0. The van der Waals surface area contributed by atoms with Crippen LogP contribution in [-0.4, -0.2) is 22.4 Å². The molecule has 0 saturated carbocycles. The van der Waals surface area contributed by atoms with Gasteiger partial charge in [0.25, 0.3) is 5.91 Å². The third kappa shape index (κ3) is 5.77. The van der Waals surface area contributed by atoms with E-state index in [1.54, 1.807) is 24.3 Å². The predicted molar refractivity (Wildman–Crippen MR) is 126 cm³/mol. The summed E-state index contributed by atoms with van der Waals surface area (Å²) >= 11 is 0. The number of carbonyl (C=O) groups is 1. The molecule has 0 fully saturated rings. The maximum absolute atomic E-state index is 14.6. The highest BCUT2D eigenvalue weighted by molar-refractivity contribution is 5.99. The molecule has 4 rings (SSSR count). The lowest BCUT2D eigenvalue weighted by molar-refractivity contribution is 0.0951. The number of aromatic nitrogens is 2. The standard InChI is InChI=1S/C26H22F2N4O.H2/c27-20-10-6-9-18(15-20)13-14-29-26-31-17-22(24(32-26)21-11-4-5-12-23(21)28)25(33)30-16-19-7-2-1-3-8-19;/h1-12,15,17H,13-14,16H2,(H,30,33)(H,29,31,32);1H. The first-order valence-corrected chi connectivity index (χ1v) is 10.5. The zero-order valence-electron chi connectivity index (χ0n) is 17.8. The Morgan fingerprint density at radius 3 is 2.45 bits per heavy atom. The number of benzene rings is 3. The highest BCUT2D eigenvalue weighted by Gasteiger charge is 2.18. The van der Waals surface area contributed by atoms with E-state index in [1.165, 1.54) is 24.4 Å². The normalized spacial score (nSPS) is 10.6. The van der Waals surface area contributed by atoms with Gasteiger partial charge in [-0.25, -0.2) is 18.7 Å². The third-order valence-electron chi connectivity index (χ3n) is 5.04. The van der Waals surface area contributed by atoms with E-state index in [0.717, 1.165) is 11.1 Å². The van der Waals surface area contributed by atoms with Crippen molar-refractivity contribution in [2.75, 3.05) is 11.9 Å². The lowest BCUT2D eigenvalue weighted by Gasteiger charge is -2.13. The van der Waals surface area contributed by atoms with Crippen molar-refractivity contribution in [3.63, 3.8) is 0 Å². The van der Waals surface area contributed by atoms with E-state index in [0.29, 0.717) is 19.5 Å². The summed E-state index contributed by atoms with van der Waals surface area (Å²) < 4.78 is 27.9. The topological polar surface area (TPSA) is 66.9 Å². The first kappa shape index (κ1) is 22.1. The Balaban J connectivity index is 0.00000324. The van der Waals surface area contributed by atoms with E-state index in [2.05, 4.69) is 20.6 Å². The van der Waals surface area contributed by atoms with E-state index in [4.69, 9.17) is 0 Å². The Labute approximate surface area is 192 Å². The van der Waals surface area contributed by atoms with Gasteiger partial charge in [0, 0.05) is 26.3 Å². The molecule has 0 saturated heterocycles. The fraction of sp³-hybridized carbons (Fsp3) is 0.115. The van der Waals surface area contributed by atoms with E-state index < -0.39 is 11.7 Å². The van der Waals surface area contributed by atoms with Crippen LogP contribution >= 0.6 is 0 Å². The summed E-state index contributed by atoms with van der Waals surface area (Å²) in [6.07, 6.45) is 1.94. The maximum Gasteiger partial charge on any atom is 0.255 e. The summed E-state index contributed by atoms with van der Waals surface area (Å²) in [6.45, 7) is 0.768. The van der Waals surface area contributed by atoms with Crippen LogP contribution in [0.15, 0.2) is 85.1 Å². The van der Waals surface area contributed by atoms with E-state index in [-0.39, 0.29) is 30.0 Å². The minimum atomic E-state index is -0.487. The molecule has 5 nitrogen and oxygen atoms in total. The number of rotatable bonds is 8. The van der Waals surface area contributed by atoms with Crippen molar-refractivity contribution in [2.45, 2.75) is 13.0 Å². The van der Waals surface area contributed by atoms with Gasteiger partial charge in [-0.05, 0) is 41.8 Å². The van der Waals surface area contributed by atoms with Crippen LogP contribution < -0.4 is 10.6 Å². The summed E-state index contributed by atoms with van der Waals surface area (Å²) in [4.78, 5) is 21.6. The SMILES string of the molecule is O=C(NCc1ccccc1)c1cnc(NCCc2cccc(F)c2)nc1-c1ccccc1F.[HH]. The largest absolute Gasteiger partial charge is 0.354 e. The molecule has 0 radical (unpaired) electrons. The first-order chi connectivity index (χ1) is 16.1. The number of amides is 1. The van der Waals surface area contributed by atoms with Gasteiger partial charge in [-0.15, -0.1) is 0 Å². The Kier molecular flexibility index (Phi) is 6.99. The number of carbonyl (C=O) groups excluding carboxylic acids is 1. The van der Waals surface area contributed by atoms with E-state index >= 15 is 0 Å². The molecule has 0 spiro atoms. The van der Waals surface area contributed by atoms with Crippen LogP contribution in [0.3, 0.4) is 0 Å². The molecule has 0 bridgehead atoms. The number of nitrogens with one attached hydrogen (secondary N) is 2. The van der Waals surface area contributed by atoms with Gasteiger partial charge in [0.15, 0.2) is 0 Å². The maximum atomic E-state index is 14.6. The summed E-state index contributed by atoms with van der Waals surface area (Å²) in [7, 11) is 0. The van der Waals surface area contributed by atoms with Crippen LogP contribution in [0.4, 0.5) is 14.7 Å². The first-order valence-electron chi connectivity index (χ1n) is 10.5. The number of hydrogen-bond acceptors (Lipinski definition) is 4. The van der Waals surface area contributed by atoms with Gasteiger partial charge < -0.3 is 10.6 Å². The lowest BCUT2D eigenvalue weighted by Crippen LogP contribution is -2.24. The zero-order chi connectivity index (χ0) is 23.0. The third-order valence-corrected chi connectivity index (χ3v) is 5.04. The van der Waals surface area contributed by atoms with E-state index in [1.807, 2.05) is 36.4 Å². The predicted octanol–water partition coefficient (Wildman–Crippen LogP) is 5.25. The molecule has 168 valence electrons. The molecule has 1 amide bonds. The van der Waals surface area contributed by atoms with Gasteiger partial charge in [0.1, 0.15) is 11.6 Å². The molecular weight excluding hydrogens is 422 g/mol. The monoisotopic (exact) mass is 446 g/mol.